The van der Waals surface area contributed by atoms with Crippen molar-refractivity contribution in [1.82, 2.24) is 15.1 Å². The summed E-state index contributed by atoms with van der Waals surface area (Å²) in [5, 5.41) is 6.89. The average Bonchev–Trinajstić information content (AvgIpc) is 2.51. The Kier molecular flexibility index (Phi) is 3.98. The minimum absolute atomic E-state index is 0.0225. The first-order valence-corrected chi connectivity index (χ1v) is 5.60. The van der Waals surface area contributed by atoms with Crippen molar-refractivity contribution >= 4 is 17.4 Å². The number of nitrogens with zero attached hydrogens (tertiary/aromatic N) is 3. The quantitative estimate of drug-likeness (QED) is 0.783. The normalized spacial score (nSPS) is 12.3. The van der Waals surface area contributed by atoms with Gasteiger partial charge in [0.25, 0.3) is 0 Å². The molecular weight excluding hydrogens is 218 g/mol. The Morgan fingerprint density at radius 1 is 1.65 bits per heavy atom. The summed E-state index contributed by atoms with van der Waals surface area (Å²) < 4.78 is 1.74. The van der Waals surface area contributed by atoms with E-state index in [9.17, 15) is 4.79 Å². The van der Waals surface area contributed by atoms with E-state index >= 15 is 0 Å². The van der Waals surface area contributed by atoms with E-state index in [1.807, 2.05) is 32.8 Å². The van der Waals surface area contributed by atoms with E-state index in [1.165, 1.54) is 0 Å². The summed E-state index contributed by atoms with van der Waals surface area (Å²) in [5.74, 6) is 0.771. The number of rotatable bonds is 4. The van der Waals surface area contributed by atoms with Gasteiger partial charge in [-0.15, -0.1) is 0 Å². The van der Waals surface area contributed by atoms with Crippen molar-refractivity contribution in [3.05, 3.63) is 5.69 Å². The molecule has 0 aliphatic heterocycles. The maximum absolute atomic E-state index is 11.5. The number of nitrogens with one attached hydrogen (secondary N) is 1. The molecule has 0 radical (unpaired) electrons. The Morgan fingerprint density at radius 3 is 2.65 bits per heavy atom. The molecule has 17 heavy (non-hydrogen) atoms. The number of carbonyl (C=O) groups excluding carboxylic acids is 1. The second kappa shape index (κ2) is 5.07. The van der Waals surface area contributed by atoms with Crippen LogP contribution in [0.3, 0.4) is 0 Å². The van der Waals surface area contributed by atoms with E-state index in [-0.39, 0.29) is 11.8 Å². The molecule has 1 aromatic rings. The van der Waals surface area contributed by atoms with Gasteiger partial charge in [0, 0.05) is 27.7 Å². The van der Waals surface area contributed by atoms with Gasteiger partial charge in [0.15, 0.2) is 0 Å². The SMILES string of the molecule is CNC(=O)C(C)CN(C)c1c(N)c(C)nn1C. The molecule has 0 aromatic carbocycles. The van der Waals surface area contributed by atoms with Crippen LogP contribution in [-0.4, -0.2) is 36.3 Å². The van der Waals surface area contributed by atoms with Gasteiger partial charge >= 0.3 is 0 Å². The highest BCUT2D eigenvalue weighted by molar-refractivity contribution is 5.79. The number of amides is 1. The van der Waals surface area contributed by atoms with Crippen LogP contribution in [0.5, 0.6) is 0 Å². The molecule has 0 saturated heterocycles. The van der Waals surface area contributed by atoms with Crippen molar-refractivity contribution in [3.63, 3.8) is 0 Å². The van der Waals surface area contributed by atoms with Crippen LogP contribution in [-0.2, 0) is 11.8 Å². The number of aryl methyl sites for hydroxylation is 2. The zero-order valence-corrected chi connectivity index (χ0v) is 11.1. The number of aromatic nitrogens is 2. The zero-order chi connectivity index (χ0) is 13.2. The summed E-state index contributed by atoms with van der Waals surface area (Å²) in [6, 6.07) is 0. The molecular formula is C11H21N5O. The fraction of sp³-hybridized carbons (Fsp3) is 0.636. The second-order valence-corrected chi connectivity index (χ2v) is 4.34. The molecule has 1 unspecified atom stereocenters. The minimum atomic E-state index is -0.0976. The highest BCUT2D eigenvalue weighted by Crippen LogP contribution is 2.24. The molecule has 6 nitrogen and oxygen atoms in total. The largest absolute Gasteiger partial charge is 0.394 e. The lowest BCUT2D eigenvalue weighted by atomic mass is 10.1. The molecule has 0 aliphatic rings. The Balaban J connectivity index is 2.83. The van der Waals surface area contributed by atoms with Gasteiger partial charge in [-0.3, -0.25) is 9.48 Å². The molecule has 0 fully saturated rings. The maximum atomic E-state index is 11.5. The molecule has 6 heteroatoms. The minimum Gasteiger partial charge on any atom is -0.394 e. The van der Waals surface area contributed by atoms with E-state index in [1.54, 1.807) is 11.7 Å². The van der Waals surface area contributed by atoms with Crippen molar-refractivity contribution in [2.24, 2.45) is 13.0 Å². The standard InChI is InChI=1S/C11H21N5O/c1-7(10(17)13-3)6-15(4)11-9(12)8(2)14-16(11)5/h7H,6,12H2,1-5H3,(H,13,17). The maximum Gasteiger partial charge on any atom is 0.224 e. The Morgan fingerprint density at radius 2 is 2.24 bits per heavy atom. The van der Waals surface area contributed by atoms with Crippen LogP contribution >= 0.6 is 0 Å². The van der Waals surface area contributed by atoms with E-state index in [2.05, 4.69) is 10.4 Å². The van der Waals surface area contributed by atoms with E-state index in [4.69, 9.17) is 5.73 Å². The third-order valence-electron chi connectivity index (χ3n) is 2.84. The monoisotopic (exact) mass is 239 g/mol. The molecule has 0 aliphatic carbocycles. The van der Waals surface area contributed by atoms with Gasteiger partial charge in [-0.25, -0.2) is 0 Å². The van der Waals surface area contributed by atoms with Gasteiger partial charge in [0.2, 0.25) is 5.91 Å². The molecule has 0 bridgehead atoms. The number of hydrogen-bond donors (Lipinski definition) is 2. The van der Waals surface area contributed by atoms with Crippen LogP contribution in [0.1, 0.15) is 12.6 Å². The molecule has 1 amide bonds. The van der Waals surface area contributed by atoms with Gasteiger partial charge in [-0.1, -0.05) is 6.92 Å². The molecule has 1 atom stereocenters. The highest BCUT2D eigenvalue weighted by Gasteiger charge is 2.19. The second-order valence-electron chi connectivity index (χ2n) is 4.34. The first kappa shape index (κ1) is 13.3. The zero-order valence-electron chi connectivity index (χ0n) is 11.1. The van der Waals surface area contributed by atoms with Gasteiger partial charge in [0.1, 0.15) is 5.82 Å². The van der Waals surface area contributed by atoms with Gasteiger partial charge in [-0.2, -0.15) is 5.10 Å². The Hall–Kier alpha value is -1.72. The van der Waals surface area contributed by atoms with E-state index in [0.29, 0.717) is 12.2 Å². The predicted octanol–water partition coefficient (Wildman–Crippen LogP) is 0.129. The Bertz CT molecular complexity index is 412. The number of carbonyl (C=O) groups is 1. The lowest BCUT2D eigenvalue weighted by Gasteiger charge is -2.23. The summed E-state index contributed by atoms with van der Waals surface area (Å²) >= 11 is 0. The fourth-order valence-electron chi connectivity index (χ4n) is 1.94. The first-order chi connectivity index (χ1) is 7.88. The van der Waals surface area contributed by atoms with Crippen LogP contribution in [0, 0.1) is 12.8 Å². The summed E-state index contributed by atoms with van der Waals surface area (Å²) in [6.07, 6.45) is 0. The first-order valence-electron chi connectivity index (χ1n) is 5.60. The predicted molar refractivity (Wildman–Crippen MR) is 68.9 cm³/mol. The third kappa shape index (κ3) is 2.69. The number of nitrogen functional groups attached to an aromatic ring is 1. The average molecular weight is 239 g/mol. The number of anilines is 2. The van der Waals surface area contributed by atoms with Crippen molar-refractivity contribution in [2.75, 3.05) is 31.3 Å². The molecule has 0 spiro atoms. The molecule has 1 heterocycles. The number of nitrogens with two attached hydrogens (primary N) is 1. The highest BCUT2D eigenvalue weighted by atomic mass is 16.1. The lowest BCUT2D eigenvalue weighted by Crippen LogP contribution is -2.35. The Labute approximate surface area is 102 Å². The van der Waals surface area contributed by atoms with Crippen LogP contribution in [0.15, 0.2) is 0 Å². The topological polar surface area (TPSA) is 76.2 Å². The van der Waals surface area contributed by atoms with E-state index < -0.39 is 0 Å². The third-order valence-corrected chi connectivity index (χ3v) is 2.84. The molecule has 0 saturated carbocycles. The van der Waals surface area contributed by atoms with Crippen LogP contribution in [0.2, 0.25) is 0 Å². The summed E-state index contributed by atoms with van der Waals surface area (Å²) in [5.41, 5.74) is 7.44. The van der Waals surface area contributed by atoms with Gasteiger partial charge in [-0.05, 0) is 6.92 Å². The van der Waals surface area contributed by atoms with E-state index in [0.717, 1.165) is 11.5 Å². The fourth-order valence-corrected chi connectivity index (χ4v) is 1.94. The van der Waals surface area contributed by atoms with Crippen molar-refractivity contribution in [3.8, 4) is 0 Å². The summed E-state index contributed by atoms with van der Waals surface area (Å²) in [6.45, 7) is 4.35. The molecule has 1 rings (SSSR count). The van der Waals surface area contributed by atoms with Gasteiger partial charge in [0.05, 0.1) is 17.3 Å². The molecule has 3 N–H and O–H groups in total. The summed E-state index contributed by atoms with van der Waals surface area (Å²) in [4.78, 5) is 13.4. The number of hydrogen-bond acceptors (Lipinski definition) is 4. The molecule has 96 valence electrons. The smallest absolute Gasteiger partial charge is 0.224 e. The lowest BCUT2D eigenvalue weighted by molar-refractivity contribution is -0.123. The molecule has 1 aromatic heterocycles. The van der Waals surface area contributed by atoms with Crippen LogP contribution in [0.25, 0.3) is 0 Å². The van der Waals surface area contributed by atoms with Crippen LogP contribution in [0.4, 0.5) is 11.5 Å². The van der Waals surface area contributed by atoms with Crippen LogP contribution < -0.4 is 16.0 Å². The van der Waals surface area contributed by atoms with Crippen molar-refractivity contribution in [1.29, 1.82) is 0 Å². The van der Waals surface area contributed by atoms with Crippen molar-refractivity contribution < 1.29 is 4.79 Å². The van der Waals surface area contributed by atoms with Crippen molar-refractivity contribution in [2.45, 2.75) is 13.8 Å². The van der Waals surface area contributed by atoms with Gasteiger partial charge < -0.3 is 16.0 Å². The summed E-state index contributed by atoms with van der Waals surface area (Å²) in [7, 11) is 5.40.